The second-order valence-electron chi connectivity index (χ2n) is 4.42. The average Bonchev–Trinajstić information content (AvgIpc) is 2.90. The number of hydrogen-bond donors (Lipinski definition) is 0. The average molecular weight is 320 g/mol. The Labute approximate surface area is 127 Å². The summed E-state index contributed by atoms with van der Waals surface area (Å²) in [4.78, 5) is 13.9. The van der Waals surface area contributed by atoms with Gasteiger partial charge in [-0.2, -0.15) is 0 Å². The molecule has 1 saturated heterocycles. The summed E-state index contributed by atoms with van der Waals surface area (Å²) in [6.07, 6.45) is 1.88. The lowest BCUT2D eigenvalue weighted by Crippen LogP contribution is -2.41. The maximum Gasteiger partial charge on any atom is 0.284 e. The van der Waals surface area contributed by atoms with Crippen molar-refractivity contribution in [3.63, 3.8) is 0 Å². The van der Waals surface area contributed by atoms with Gasteiger partial charge in [0.15, 0.2) is 0 Å². The van der Waals surface area contributed by atoms with E-state index in [0.29, 0.717) is 42.4 Å². The molecule has 0 spiro atoms. The number of carbonyl (C=O) groups is 1. The van der Waals surface area contributed by atoms with Crippen molar-refractivity contribution >= 4 is 28.8 Å². The van der Waals surface area contributed by atoms with Gasteiger partial charge in [-0.05, 0) is 31.4 Å². The van der Waals surface area contributed by atoms with Crippen LogP contribution in [0.2, 0.25) is 4.47 Å². The van der Waals surface area contributed by atoms with Gasteiger partial charge < -0.3 is 14.4 Å². The number of aromatic nitrogens is 2. The van der Waals surface area contributed by atoms with Crippen LogP contribution in [0.25, 0.3) is 0 Å². The highest BCUT2D eigenvalue weighted by Gasteiger charge is 2.26. The van der Waals surface area contributed by atoms with Crippen LogP contribution in [-0.2, 0) is 9.47 Å². The van der Waals surface area contributed by atoms with Gasteiger partial charge in [0.2, 0.25) is 9.47 Å². The van der Waals surface area contributed by atoms with Crippen LogP contribution in [-0.4, -0.2) is 60.0 Å². The van der Waals surface area contributed by atoms with E-state index in [2.05, 4.69) is 10.2 Å². The molecule has 0 N–H and O–H groups in total. The number of likely N-dealkylation sites (tertiary alicyclic amines) is 1. The van der Waals surface area contributed by atoms with Crippen molar-refractivity contribution < 1.29 is 14.3 Å². The molecule has 1 aliphatic heterocycles. The smallest absolute Gasteiger partial charge is 0.284 e. The Balaban J connectivity index is 1.72. The Morgan fingerprint density at radius 1 is 1.40 bits per heavy atom. The van der Waals surface area contributed by atoms with E-state index in [4.69, 9.17) is 21.1 Å². The Kier molecular flexibility index (Phi) is 6.15. The quantitative estimate of drug-likeness (QED) is 0.749. The Morgan fingerprint density at radius 2 is 2.15 bits per heavy atom. The Bertz CT molecular complexity index is 435. The normalized spacial score (nSPS) is 16.6. The van der Waals surface area contributed by atoms with E-state index in [1.165, 1.54) is 0 Å². The molecule has 0 saturated carbocycles. The molecular weight excluding hydrogens is 302 g/mol. The number of halogens is 1. The minimum atomic E-state index is -0.0952. The number of hydrogen-bond acceptors (Lipinski definition) is 6. The molecule has 1 aromatic heterocycles. The third kappa shape index (κ3) is 4.37. The lowest BCUT2D eigenvalue weighted by atomic mass is 10.1. The molecule has 20 heavy (non-hydrogen) atoms. The first-order valence-corrected chi connectivity index (χ1v) is 7.87. The number of amides is 1. The van der Waals surface area contributed by atoms with Gasteiger partial charge in [-0.15, -0.1) is 10.2 Å². The summed E-state index contributed by atoms with van der Waals surface area (Å²) in [7, 11) is 0. The zero-order chi connectivity index (χ0) is 14.4. The molecule has 112 valence electrons. The third-order valence-corrected chi connectivity index (χ3v) is 4.10. The summed E-state index contributed by atoms with van der Waals surface area (Å²) in [5.41, 5.74) is 0. The molecule has 0 bridgehead atoms. The predicted octanol–water partition coefficient (Wildman–Crippen LogP) is 1.85. The van der Waals surface area contributed by atoms with Crippen molar-refractivity contribution in [2.45, 2.75) is 25.9 Å². The second-order valence-corrected chi connectivity index (χ2v) is 5.98. The number of piperidine rings is 1. The standard InChI is InChI=1S/C12H18ClN3O3S/c1-2-18-7-8-19-9-3-5-16(6-4-9)11(17)10-14-15-12(13)20-10/h9H,2-8H2,1H3. The van der Waals surface area contributed by atoms with Gasteiger partial charge in [-0.25, -0.2) is 0 Å². The Morgan fingerprint density at radius 3 is 2.75 bits per heavy atom. The number of rotatable bonds is 6. The molecule has 2 heterocycles. The van der Waals surface area contributed by atoms with Gasteiger partial charge in [-0.1, -0.05) is 11.3 Å². The SMILES string of the molecule is CCOCCOC1CCN(C(=O)c2nnc(Cl)s2)CC1. The van der Waals surface area contributed by atoms with Crippen LogP contribution in [0.1, 0.15) is 29.6 Å². The summed E-state index contributed by atoms with van der Waals surface area (Å²) in [5.74, 6) is -0.0952. The fourth-order valence-corrected chi connectivity index (χ4v) is 2.87. The van der Waals surface area contributed by atoms with Crippen molar-refractivity contribution in [1.29, 1.82) is 0 Å². The monoisotopic (exact) mass is 319 g/mol. The van der Waals surface area contributed by atoms with E-state index in [0.717, 1.165) is 24.2 Å². The van der Waals surface area contributed by atoms with E-state index >= 15 is 0 Å². The zero-order valence-electron chi connectivity index (χ0n) is 11.4. The molecule has 0 radical (unpaired) electrons. The summed E-state index contributed by atoms with van der Waals surface area (Å²) in [6, 6.07) is 0. The lowest BCUT2D eigenvalue weighted by molar-refractivity contribution is -0.0182. The molecule has 0 atom stereocenters. The van der Waals surface area contributed by atoms with Gasteiger partial charge >= 0.3 is 0 Å². The first-order valence-electron chi connectivity index (χ1n) is 6.68. The largest absolute Gasteiger partial charge is 0.379 e. The van der Waals surface area contributed by atoms with Gasteiger partial charge in [0, 0.05) is 19.7 Å². The maximum absolute atomic E-state index is 12.1. The predicted molar refractivity (Wildman–Crippen MR) is 76.3 cm³/mol. The van der Waals surface area contributed by atoms with Crippen LogP contribution >= 0.6 is 22.9 Å². The zero-order valence-corrected chi connectivity index (χ0v) is 13.0. The molecule has 2 rings (SSSR count). The van der Waals surface area contributed by atoms with E-state index in [1.807, 2.05) is 6.92 Å². The molecule has 0 aliphatic carbocycles. The number of nitrogens with zero attached hydrogens (tertiary/aromatic N) is 3. The van der Waals surface area contributed by atoms with Crippen molar-refractivity contribution in [3.8, 4) is 0 Å². The fraction of sp³-hybridized carbons (Fsp3) is 0.750. The molecule has 0 aromatic carbocycles. The van der Waals surface area contributed by atoms with Gasteiger partial charge in [-0.3, -0.25) is 4.79 Å². The van der Waals surface area contributed by atoms with Crippen LogP contribution in [0, 0.1) is 0 Å². The maximum atomic E-state index is 12.1. The highest BCUT2D eigenvalue weighted by molar-refractivity contribution is 7.17. The van der Waals surface area contributed by atoms with E-state index < -0.39 is 0 Å². The molecule has 1 aromatic rings. The molecule has 1 aliphatic rings. The molecule has 0 unspecified atom stereocenters. The van der Waals surface area contributed by atoms with Gasteiger partial charge in [0.05, 0.1) is 19.3 Å². The Hall–Kier alpha value is -0.760. The van der Waals surface area contributed by atoms with Crippen LogP contribution in [0.15, 0.2) is 0 Å². The van der Waals surface area contributed by atoms with Crippen LogP contribution in [0.3, 0.4) is 0 Å². The fourth-order valence-electron chi connectivity index (χ4n) is 2.07. The highest BCUT2D eigenvalue weighted by atomic mass is 35.5. The minimum absolute atomic E-state index is 0.0952. The second kappa shape index (κ2) is 7.87. The molecule has 6 nitrogen and oxygen atoms in total. The number of carbonyl (C=O) groups excluding carboxylic acids is 1. The number of ether oxygens (including phenoxy) is 2. The molecule has 1 fully saturated rings. The summed E-state index contributed by atoms with van der Waals surface area (Å²) in [5, 5.41) is 7.78. The van der Waals surface area contributed by atoms with E-state index in [1.54, 1.807) is 4.90 Å². The van der Waals surface area contributed by atoms with Crippen molar-refractivity contribution in [2.24, 2.45) is 0 Å². The van der Waals surface area contributed by atoms with Crippen molar-refractivity contribution in [2.75, 3.05) is 32.9 Å². The summed E-state index contributed by atoms with van der Waals surface area (Å²) >= 11 is 6.81. The van der Waals surface area contributed by atoms with Crippen molar-refractivity contribution in [1.82, 2.24) is 15.1 Å². The van der Waals surface area contributed by atoms with Crippen molar-refractivity contribution in [3.05, 3.63) is 9.47 Å². The van der Waals surface area contributed by atoms with Crippen LogP contribution < -0.4 is 0 Å². The minimum Gasteiger partial charge on any atom is -0.379 e. The van der Waals surface area contributed by atoms with Crippen LogP contribution in [0.4, 0.5) is 0 Å². The van der Waals surface area contributed by atoms with E-state index in [9.17, 15) is 4.79 Å². The first kappa shape index (κ1) is 15.6. The summed E-state index contributed by atoms with van der Waals surface area (Å²) in [6.45, 7) is 5.26. The van der Waals surface area contributed by atoms with Gasteiger partial charge in [0.1, 0.15) is 0 Å². The lowest BCUT2D eigenvalue weighted by Gasteiger charge is -2.31. The molecule has 1 amide bonds. The van der Waals surface area contributed by atoms with Gasteiger partial charge in [0.25, 0.3) is 5.91 Å². The summed E-state index contributed by atoms with van der Waals surface area (Å²) < 4.78 is 11.2. The molecular formula is C12H18ClN3O3S. The molecule has 8 heteroatoms. The third-order valence-electron chi connectivity index (χ3n) is 3.10. The highest BCUT2D eigenvalue weighted by Crippen LogP contribution is 2.20. The van der Waals surface area contributed by atoms with E-state index in [-0.39, 0.29) is 12.0 Å². The first-order chi connectivity index (χ1) is 9.70. The topological polar surface area (TPSA) is 64.6 Å². The van der Waals surface area contributed by atoms with Crippen LogP contribution in [0.5, 0.6) is 0 Å².